The van der Waals surface area contributed by atoms with Gasteiger partial charge in [0.2, 0.25) is 0 Å². The number of carbonyl (C=O) groups is 1. The zero-order chi connectivity index (χ0) is 10.7. The Kier molecular flexibility index (Phi) is 3.09. The average molecular weight is 195 g/mol. The van der Waals surface area contributed by atoms with E-state index in [4.69, 9.17) is 10.8 Å². The number of carboxylic acid groups (broad SMARTS) is 1. The minimum Gasteiger partial charge on any atom is -0.508 e. The summed E-state index contributed by atoms with van der Waals surface area (Å²) in [6.07, 6.45) is 0.777. The Balaban J connectivity index is 3.11. The van der Waals surface area contributed by atoms with Crippen LogP contribution in [0.2, 0.25) is 0 Å². The topological polar surface area (TPSA) is 83.5 Å². The fourth-order valence-corrected chi connectivity index (χ4v) is 1.21. The lowest BCUT2D eigenvalue weighted by Gasteiger charge is -2.10. The van der Waals surface area contributed by atoms with Gasteiger partial charge in [-0.3, -0.25) is 4.79 Å². The molecule has 0 aliphatic heterocycles. The van der Waals surface area contributed by atoms with Crippen LogP contribution in [0.15, 0.2) is 18.2 Å². The first-order chi connectivity index (χ1) is 6.56. The number of hydrogen-bond donors (Lipinski definition) is 3. The molecule has 0 aliphatic rings. The van der Waals surface area contributed by atoms with E-state index in [1.807, 2.05) is 6.92 Å². The van der Waals surface area contributed by atoms with Crippen molar-refractivity contribution in [3.8, 4) is 5.75 Å². The van der Waals surface area contributed by atoms with Crippen LogP contribution in [0, 0.1) is 0 Å². The van der Waals surface area contributed by atoms with Gasteiger partial charge in [0.1, 0.15) is 11.8 Å². The Bertz CT molecular complexity index is 349. The molecule has 4 heteroatoms. The van der Waals surface area contributed by atoms with E-state index < -0.39 is 12.0 Å². The molecular formula is C10H13NO3. The van der Waals surface area contributed by atoms with Gasteiger partial charge in [-0.15, -0.1) is 0 Å². The van der Waals surface area contributed by atoms with Crippen molar-refractivity contribution in [3.05, 3.63) is 29.3 Å². The molecule has 1 aromatic rings. The second-order valence-electron chi connectivity index (χ2n) is 3.06. The summed E-state index contributed by atoms with van der Waals surface area (Å²) in [6.45, 7) is 1.95. The zero-order valence-electron chi connectivity index (χ0n) is 7.90. The third-order valence-corrected chi connectivity index (χ3v) is 2.10. The Labute approximate surface area is 82.0 Å². The van der Waals surface area contributed by atoms with Gasteiger partial charge in [0.15, 0.2) is 0 Å². The zero-order valence-corrected chi connectivity index (χ0v) is 7.90. The highest BCUT2D eigenvalue weighted by molar-refractivity contribution is 5.76. The lowest BCUT2D eigenvalue weighted by Crippen LogP contribution is -2.20. The number of aliphatic carboxylic acids is 1. The minimum absolute atomic E-state index is 0.0721. The van der Waals surface area contributed by atoms with Gasteiger partial charge in [-0.2, -0.15) is 0 Å². The lowest BCUT2D eigenvalue weighted by molar-refractivity contribution is -0.138. The number of phenols is 1. The standard InChI is InChI=1S/C10H13NO3/c1-2-6-3-4-8(12)7(5-6)9(11)10(13)14/h3-5,9,12H,2,11H2,1H3,(H,13,14)/t9-/m0/s1. The molecule has 0 unspecified atom stereocenters. The lowest BCUT2D eigenvalue weighted by atomic mass is 10.0. The summed E-state index contributed by atoms with van der Waals surface area (Å²) in [5.74, 6) is -1.22. The van der Waals surface area contributed by atoms with Gasteiger partial charge in [0.05, 0.1) is 0 Å². The van der Waals surface area contributed by atoms with Crippen LogP contribution in [-0.4, -0.2) is 16.2 Å². The summed E-state index contributed by atoms with van der Waals surface area (Å²) in [7, 11) is 0. The van der Waals surface area contributed by atoms with Crippen molar-refractivity contribution in [2.45, 2.75) is 19.4 Å². The molecule has 0 saturated heterocycles. The molecule has 1 atom stereocenters. The van der Waals surface area contributed by atoms with Gasteiger partial charge in [0.25, 0.3) is 0 Å². The van der Waals surface area contributed by atoms with Crippen LogP contribution in [0.1, 0.15) is 24.1 Å². The van der Waals surface area contributed by atoms with Crippen molar-refractivity contribution in [1.82, 2.24) is 0 Å². The van der Waals surface area contributed by atoms with Crippen molar-refractivity contribution >= 4 is 5.97 Å². The molecule has 0 heterocycles. The molecule has 4 N–H and O–H groups in total. The number of aryl methyl sites for hydroxylation is 1. The van der Waals surface area contributed by atoms with E-state index in [1.165, 1.54) is 6.07 Å². The fourth-order valence-electron chi connectivity index (χ4n) is 1.21. The molecule has 1 aromatic carbocycles. The second kappa shape index (κ2) is 4.11. The molecule has 0 spiro atoms. The van der Waals surface area contributed by atoms with E-state index in [0.717, 1.165) is 12.0 Å². The smallest absolute Gasteiger partial charge is 0.325 e. The van der Waals surface area contributed by atoms with Crippen LogP contribution >= 0.6 is 0 Å². The summed E-state index contributed by atoms with van der Waals surface area (Å²) in [5, 5.41) is 18.1. The summed E-state index contributed by atoms with van der Waals surface area (Å²) < 4.78 is 0. The normalized spacial score (nSPS) is 12.4. The predicted octanol–water partition coefficient (Wildman–Crippen LogP) is 1.04. The predicted molar refractivity (Wildman–Crippen MR) is 52.0 cm³/mol. The third-order valence-electron chi connectivity index (χ3n) is 2.10. The SMILES string of the molecule is CCc1ccc(O)c([C@H](N)C(=O)O)c1. The van der Waals surface area contributed by atoms with Crippen molar-refractivity contribution in [1.29, 1.82) is 0 Å². The van der Waals surface area contributed by atoms with E-state index in [9.17, 15) is 9.90 Å². The van der Waals surface area contributed by atoms with E-state index in [1.54, 1.807) is 12.1 Å². The van der Waals surface area contributed by atoms with Crippen molar-refractivity contribution in [3.63, 3.8) is 0 Å². The third kappa shape index (κ3) is 2.03. The minimum atomic E-state index is -1.17. The van der Waals surface area contributed by atoms with E-state index in [0.29, 0.717) is 0 Å². The Morgan fingerprint density at radius 3 is 2.71 bits per heavy atom. The van der Waals surface area contributed by atoms with Gasteiger partial charge >= 0.3 is 5.97 Å². The number of nitrogens with two attached hydrogens (primary N) is 1. The first-order valence-corrected chi connectivity index (χ1v) is 4.36. The molecule has 4 nitrogen and oxygen atoms in total. The number of rotatable bonds is 3. The summed E-state index contributed by atoms with van der Waals surface area (Å²) in [4.78, 5) is 10.6. The largest absolute Gasteiger partial charge is 0.508 e. The van der Waals surface area contributed by atoms with Crippen LogP contribution < -0.4 is 5.73 Å². The number of hydrogen-bond acceptors (Lipinski definition) is 3. The van der Waals surface area contributed by atoms with Crippen LogP contribution in [0.25, 0.3) is 0 Å². The van der Waals surface area contributed by atoms with E-state index >= 15 is 0 Å². The van der Waals surface area contributed by atoms with Gasteiger partial charge in [-0.1, -0.05) is 13.0 Å². The molecule has 0 radical (unpaired) electrons. The molecule has 0 saturated carbocycles. The number of benzene rings is 1. The Morgan fingerprint density at radius 1 is 1.57 bits per heavy atom. The molecule has 0 aromatic heterocycles. The maximum Gasteiger partial charge on any atom is 0.325 e. The average Bonchev–Trinajstić information content (AvgIpc) is 2.17. The van der Waals surface area contributed by atoms with Crippen LogP contribution in [0.5, 0.6) is 5.75 Å². The molecule has 0 bridgehead atoms. The number of carboxylic acids is 1. The molecule has 0 fully saturated rings. The van der Waals surface area contributed by atoms with Gasteiger partial charge in [-0.05, 0) is 24.1 Å². The number of phenolic OH excluding ortho intramolecular Hbond substituents is 1. The summed E-state index contributed by atoms with van der Waals surface area (Å²) in [5.41, 5.74) is 6.62. The Morgan fingerprint density at radius 2 is 2.21 bits per heavy atom. The maximum absolute atomic E-state index is 10.6. The van der Waals surface area contributed by atoms with Crippen molar-refractivity contribution in [2.75, 3.05) is 0 Å². The summed E-state index contributed by atoms with van der Waals surface area (Å²) >= 11 is 0. The Hall–Kier alpha value is -1.55. The van der Waals surface area contributed by atoms with Gasteiger partial charge in [0, 0.05) is 5.56 Å². The van der Waals surface area contributed by atoms with Gasteiger partial charge < -0.3 is 15.9 Å². The summed E-state index contributed by atoms with van der Waals surface area (Å²) in [6, 6.07) is 3.67. The van der Waals surface area contributed by atoms with Gasteiger partial charge in [-0.25, -0.2) is 0 Å². The first-order valence-electron chi connectivity index (χ1n) is 4.36. The van der Waals surface area contributed by atoms with Crippen molar-refractivity contribution in [2.24, 2.45) is 5.73 Å². The van der Waals surface area contributed by atoms with Crippen LogP contribution in [0.3, 0.4) is 0 Å². The van der Waals surface area contributed by atoms with E-state index in [2.05, 4.69) is 0 Å². The first kappa shape index (κ1) is 10.5. The molecule has 0 amide bonds. The monoisotopic (exact) mass is 195 g/mol. The molecule has 1 rings (SSSR count). The number of aromatic hydroxyl groups is 1. The highest BCUT2D eigenvalue weighted by Gasteiger charge is 2.17. The maximum atomic E-state index is 10.6. The molecule has 76 valence electrons. The highest BCUT2D eigenvalue weighted by Crippen LogP contribution is 2.24. The molecular weight excluding hydrogens is 182 g/mol. The van der Waals surface area contributed by atoms with Crippen LogP contribution in [0.4, 0.5) is 0 Å². The molecule has 0 aliphatic carbocycles. The van der Waals surface area contributed by atoms with Crippen LogP contribution in [-0.2, 0) is 11.2 Å². The molecule has 14 heavy (non-hydrogen) atoms. The quantitative estimate of drug-likeness (QED) is 0.672. The second-order valence-corrected chi connectivity index (χ2v) is 3.06. The van der Waals surface area contributed by atoms with E-state index in [-0.39, 0.29) is 11.3 Å². The van der Waals surface area contributed by atoms with Crippen molar-refractivity contribution < 1.29 is 15.0 Å². The fraction of sp³-hybridized carbons (Fsp3) is 0.300. The highest BCUT2D eigenvalue weighted by atomic mass is 16.4.